The monoisotopic (exact) mass is 315 g/mol. The molecule has 4 nitrogen and oxygen atoms in total. The van der Waals surface area contributed by atoms with Gasteiger partial charge in [0.05, 0.1) is 33.3 Å². The molecule has 2 aromatic carbocycles. The van der Waals surface area contributed by atoms with Gasteiger partial charge in [-0.3, -0.25) is 0 Å². The summed E-state index contributed by atoms with van der Waals surface area (Å²) in [7, 11) is 4.62. The van der Waals surface area contributed by atoms with Crippen LogP contribution in [0.3, 0.4) is 0 Å². The molecule has 0 bridgehead atoms. The zero-order chi connectivity index (χ0) is 16.8. The highest BCUT2D eigenvalue weighted by molar-refractivity contribution is 5.46. The molecule has 0 N–H and O–H groups in total. The lowest BCUT2D eigenvalue weighted by Gasteiger charge is -2.16. The third kappa shape index (κ3) is 3.72. The second-order valence-electron chi connectivity index (χ2n) is 4.95. The summed E-state index contributed by atoms with van der Waals surface area (Å²) in [5, 5.41) is 9.55. The molecule has 0 radical (unpaired) electrons. The van der Waals surface area contributed by atoms with Crippen molar-refractivity contribution in [3.05, 3.63) is 53.3 Å². The number of nitriles is 1. The molecular weight excluding hydrogens is 297 g/mol. The lowest BCUT2D eigenvalue weighted by atomic mass is 9.92. The molecule has 23 heavy (non-hydrogen) atoms. The van der Waals surface area contributed by atoms with Crippen LogP contribution in [0.15, 0.2) is 36.4 Å². The van der Waals surface area contributed by atoms with Gasteiger partial charge in [0.25, 0.3) is 0 Å². The predicted molar refractivity (Wildman–Crippen MR) is 84.6 cm³/mol. The van der Waals surface area contributed by atoms with Crippen molar-refractivity contribution in [1.29, 1.82) is 5.26 Å². The Hall–Kier alpha value is -2.74. The minimum absolute atomic E-state index is 0.320. The Kier molecular flexibility index (Phi) is 5.42. The Balaban J connectivity index is 2.38. The number of nitrogens with zero attached hydrogens (tertiary/aromatic N) is 1. The molecule has 2 aromatic rings. The summed E-state index contributed by atoms with van der Waals surface area (Å²) in [6.45, 7) is 0. The van der Waals surface area contributed by atoms with Gasteiger partial charge in [0.1, 0.15) is 23.1 Å². The van der Waals surface area contributed by atoms with E-state index >= 15 is 0 Å². The second kappa shape index (κ2) is 7.50. The van der Waals surface area contributed by atoms with Crippen molar-refractivity contribution in [3.8, 4) is 23.3 Å². The average molecular weight is 315 g/mol. The van der Waals surface area contributed by atoms with Crippen LogP contribution in [-0.4, -0.2) is 21.3 Å². The summed E-state index contributed by atoms with van der Waals surface area (Å²) >= 11 is 0. The summed E-state index contributed by atoms with van der Waals surface area (Å²) in [6.07, 6.45) is 0.320. The summed E-state index contributed by atoms with van der Waals surface area (Å²) in [6, 6.07) is 11.8. The third-order valence-corrected chi connectivity index (χ3v) is 3.64. The number of benzene rings is 2. The van der Waals surface area contributed by atoms with Crippen LogP contribution >= 0.6 is 0 Å². The summed E-state index contributed by atoms with van der Waals surface area (Å²) in [5.74, 6) is 0.904. The first kappa shape index (κ1) is 16.6. The van der Waals surface area contributed by atoms with E-state index in [-0.39, 0.29) is 5.82 Å². The highest BCUT2D eigenvalue weighted by Gasteiger charge is 2.19. The first-order valence-corrected chi connectivity index (χ1v) is 7.06. The van der Waals surface area contributed by atoms with E-state index in [0.29, 0.717) is 29.2 Å². The Morgan fingerprint density at radius 2 is 1.74 bits per heavy atom. The average Bonchev–Trinajstić information content (AvgIpc) is 2.59. The molecule has 0 aliphatic heterocycles. The van der Waals surface area contributed by atoms with Crippen LogP contribution in [0.25, 0.3) is 0 Å². The Morgan fingerprint density at radius 3 is 2.35 bits per heavy atom. The highest BCUT2D eigenvalue weighted by atomic mass is 19.1. The largest absolute Gasteiger partial charge is 0.497 e. The van der Waals surface area contributed by atoms with Crippen LogP contribution < -0.4 is 14.2 Å². The van der Waals surface area contributed by atoms with E-state index in [1.165, 1.54) is 26.4 Å². The van der Waals surface area contributed by atoms with Gasteiger partial charge in [0, 0.05) is 11.6 Å². The molecule has 0 aromatic heterocycles. The fourth-order valence-electron chi connectivity index (χ4n) is 2.46. The lowest BCUT2D eigenvalue weighted by Crippen LogP contribution is -2.05. The van der Waals surface area contributed by atoms with Crippen LogP contribution in [-0.2, 0) is 6.42 Å². The molecule has 0 aliphatic rings. The smallest absolute Gasteiger partial charge is 0.127 e. The van der Waals surface area contributed by atoms with Crippen molar-refractivity contribution in [1.82, 2.24) is 0 Å². The molecule has 1 unspecified atom stereocenters. The zero-order valence-corrected chi connectivity index (χ0v) is 13.3. The fraction of sp³-hybridized carbons (Fsp3) is 0.278. The first-order valence-electron chi connectivity index (χ1n) is 7.06. The van der Waals surface area contributed by atoms with Crippen molar-refractivity contribution in [3.63, 3.8) is 0 Å². The van der Waals surface area contributed by atoms with Crippen molar-refractivity contribution >= 4 is 0 Å². The van der Waals surface area contributed by atoms with E-state index in [9.17, 15) is 9.65 Å². The van der Waals surface area contributed by atoms with Crippen LogP contribution in [0.5, 0.6) is 17.2 Å². The zero-order valence-electron chi connectivity index (χ0n) is 13.3. The maximum atomic E-state index is 13.5. The molecular formula is C18H18FNO3. The second-order valence-corrected chi connectivity index (χ2v) is 4.95. The van der Waals surface area contributed by atoms with E-state index in [4.69, 9.17) is 14.2 Å². The van der Waals surface area contributed by atoms with Crippen molar-refractivity contribution in [2.45, 2.75) is 12.3 Å². The van der Waals surface area contributed by atoms with E-state index in [0.717, 1.165) is 5.56 Å². The van der Waals surface area contributed by atoms with Crippen LogP contribution in [0.4, 0.5) is 4.39 Å². The molecule has 5 heteroatoms. The number of methoxy groups -OCH3 is 3. The molecule has 0 saturated carbocycles. The molecule has 0 amide bonds. The summed E-state index contributed by atoms with van der Waals surface area (Å²) in [5.41, 5.74) is 1.36. The lowest BCUT2D eigenvalue weighted by molar-refractivity contribution is 0.389. The third-order valence-electron chi connectivity index (χ3n) is 3.64. The van der Waals surface area contributed by atoms with E-state index < -0.39 is 5.92 Å². The number of hydrogen-bond donors (Lipinski definition) is 0. The van der Waals surface area contributed by atoms with E-state index in [1.807, 2.05) is 0 Å². The van der Waals surface area contributed by atoms with Crippen LogP contribution in [0.1, 0.15) is 17.0 Å². The quantitative estimate of drug-likeness (QED) is 0.815. The van der Waals surface area contributed by atoms with Gasteiger partial charge in [-0.05, 0) is 36.2 Å². The molecule has 120 valence electrons. The normalized spacial score (nSPS) is 11.4. The summed E-state index contributed by atoms with van der Waals surface area (Å²) in [4.78, 5) is 0. The van der Waals surface area contributed by atoms with Gasteiger partial charge in [0.15, 0.2) is 0 Å². The van der Waals surface area contributed by atoms with Crippen molar-refractivity contribution < 1.29 is 18.6 Å². The van der Waals surface area contributed by atoms with Crippen LogP contribution in [0.2, 0.25) is 0 Å². The van der Waals surface area contributed by atoms with Gasteiger partial charge in [-0.25, -0.2) is 4.39 Å². The molecule has 0 spiro atoms. The summed E-state index contributed by atoms with van der Waals surface area (Å²) < 4.78 is 29.3. The molecule has 0 fully saturated rings. The Bertz CT molecular complexity index is 725. The maximum Gasteiger partial charge on any atom is 0.127 e. The Morgan fingerprint density at radius 1 is 1.00 bits per heavy atom. The molecule has 0 aliphatic carbocycles. The molecule has 1 atom stereocenters. The number of halogens is 1. The van der Waals surface area contributed by atoms with Gasteiger partial charge < -0.3 is 14.2 Å². The standard InChI is InChI=1S/C18H18FNO3/c1-21-15-5-6-16(18(10-15)23-3)13(11-20)8-12-9-14(19)4-7-17(12)22-2/h4-7,9-10,13H,8H2,1-3H3. The molecule has 0 heterocycles. The predicted octanol–water partition coefficient (Wildman–Crippen LogP) is 3.70. The minimum atomic E-state index is -0.494. The topological polar surface area (TPSA) is 51.5 Å². The van der Waals surface area contributed by atoms with Gasteiger partial charge in [-0.15, -0.1) is 0 Å². The van der Waals surface area contributed by atoms with Gasteiger partial charge in [-0.1, -0.05) is 6.07 Å². The molecule has 2 rings (SSSR count). The fourth-order valence-corrected chi connectivity index (χ4v) is 2.46. The van der Waals surface area contributed by atoms with Gasteiger partial charge in [0.2, 0.25) is 0 Å². The highest BCUT2D eigenvalue weighted by Crippen LogP contribution is 2.34. The van der Waals surface area contributed by atoms with E-state index in [2.05, 4.69) is 6.07 Å². The van der Waals surface area contributed by atoms with Gasteiger partial charge in [-0.2, -0.15) is 5.26 Å². The SMILES string of the molecule is COc1ccc(C(C#N)Cc2cc(F)ccc2OC)c(OC)c1. The van der Waals surface area contributed by atoms with Crippen molar-refractivity contribution in [2.24, 2.45) is 0 Å². The maximum absolute atomic E-state index is 13.5. The Labute approximate surface area is 135 Å². The first-order chi connectivity index (χ1) is 11.1. The van der Waals surface area contributed by atoms with Gasteiger partial charge >= 0.3 is 0 Å². The van der Waals surface area contributed by atoms with E-state index in [1.54, 1.807) is 31.4 Å². The van der Waals surface area contributed by atoms with Crippen molar-refractivity contribution in [2.75, 3.05) is 21.3 Å². The number of ether oxygens (including phenoxy) is 3. The molecule has 0 saturated heterocycles. The van der Waals surface area contributed by atoms with Crippen LogP contribution in [0, 0.1) is 17.1 Å². The number of hydrogen-bond acceptors (Lipinski definition) is 4. The minimum Gasteiger partial charge on any atom is -0.497 e. The number of rotatable bonds is 6.